The molecule has 2 nitrogen and oxygen atoms in total. The zero-order valence-corrected chi connectivity index (χ0v) is 4.74. The second kappa shape index (κ2) is 2.02. The zero-order valence-electron chi connectivity index (χ0n) is 3.92. The fraction of sp³-hybridized carbons (Fsp3) is 0.500. The van der Waals surface area contributed by atoms with Crippen LogP contribution >= 0.6 is 0 Å². The summed E-state index contributed by atoms with van der Waals surface area (Å²) in [7, 11) is 0. The number of rotatable bonds is 0. The predicted octanol–water partition coefficient (Wildman–Crippen LogP) is -0.196. The molecule has 0 amide bonds. The molecule has 0 bridgehead atoms. The number of hydrogen-bond donors (Lipinski definition) is 1. The van der Waals surface area contributed by atoms with Gasteiger partial charge in [-0.25, -0.2) is 0 Å². The summed E-state index contributed by atoms with van der Waals surface area (Å²) in [5, 5.41) is 2.98. The third-order valence-electron chi connectivity index (χ3n) is 0.812. The molecule has 7 heavy (non-hydrogen) atoms. The molecule has 0 aromatic rings. The van der Waals surface area contributed by atoms with E-state index < -0.39 is 0 Å². The highest BCUT2D eigenvalue weighted by Crippen LogP contribution is 1.79. The molecule has 1 N–H and O–H groups in total. The standard InChI is InChI=1S/C4H7N2S/c7-6-3-1-2-5-4-6/h1-2,5H,3-4H2/q+1. The molecule has 0 aliphatic carbocycles. The maximum absolute atomic E-state index is 4.81. The van der Waals surface area contributed by atoms with Crippen molar-refractivity contribution in [3.8, 4) is 0 Å². The van der Waals surface area contributed by atoms with Crippen molar-refractivity contribution in [2.75, 3.05) is 13.2 Å². The van der Waals surface area contributed by atoms with Crippen LogP contribution in [0.3, 0.4) is 0 Å². The maximum atomic E-state index is 4.81. The first-order chi connectivity index (χ1) is 3.39. The van der Waals surface area contributed by atoms with E-state index >= 15 is 0 Å². The van der Waals surface area contributed by atoms with Crippen LogP contribution in [0.5, 0.6) is 0 Å². The Kier molecular flexibility index (Phi) is 1.36. The molecule has 0 atom stereocenters. The summed E-state index contributed by atoms with van der Waals surface area (Å²) in [5.74, 6) is 0. The second-order valence-corrected chi connectivity index (χ2v) is 1.95. The van der Waals surface area contributed by atoms with E-state index in [1.165, 1.54) is 0 Å². The normalized spacial score (nSPS) is 19.1. The summed E-state index contributed by atoms with van der Waals surface area (Å²) < 4.78 is 1.78. The van der Waals surface area contributed by atoms with Crippen molar-refractivity contribution in [1.29, 1.82) is 0 Å². The highest BCUT2D eigenvalue weighted by atomic mass is 32.1. The van der Waals surface area contributed by atoms with Gasteiger partial charge in [0, 0.05) is 6.20 Å². The van der Waals surface area contributed by atoms with E-state index in [1.807, 2.05) is 12.3 Å². The lowest BCUT2D eigenvalue weighted by molar-refractivity contribution is -0.495. The van der Waals surface area contributed by atoms with Gasteiger partial charge < -0.3 is 5.32 Å². The molecule has 0 aromatic heterocycles. The van der Waals surface area contributed by atoms with Gasteiger partial charge in [0.05, 0.1) is 0 Å². The largest absolute Gasteiger partial charge is 0.336 e. The summed E-state index contributed by atoms with van der Waals surface area (Å²) in [4.78, 5) is 0. The Morgan fingerprint density at radius 3 is 2.86 bits per heavy atom. The number of nitrogens with one attached hydrogen (secondary N) is 1. The molecule has 3 heteroatoms. The first-order valence-electron chi connectivity index (χ1n) is 2.20. The van der Waals surface area contributed by atoms with Crippen LogP contribution < -0.4 is 5.32 Å². The molecule has 0 saturated carbocycles. The maximum Gasteiger partial charge on any atom is 0.265 e. The van der Waals surface area contributed by atoms with Crippen LogP contribution in [-0.2, 0) is 12.4 Å². The van der Waals surface area contributed by atoms with Crippen LogP contribution in [0.4, 0.5) is 0 Å². The third-order valence-corrected chi connectivity index (χ3v) is 1.09. The van der Waals surface area contributed by atoms with Crippen LogP contribution in [0, 0.1) is 0 Å². The van der Waals surface area contributed by atoms with Gasteiger partial charge in [-0.1, -0.05) is 0 Å². The average molecular weight is 115 g/mol. The summed E-state index contributed by atoms with van der Waals surface area (Å²) in [6, 6.07) is 0. The highest BCUT2D eigenvalue weighted by molar-refractivity contribution is 7.44. The summed E-state index contributed by atoms with van der Waals surface area (Å²) >= 11 is 4.81. The quantitative estimate of drug-likeness (QED) is 0.440. The van der Waals surface area contributed by atoms with Gasteiger partial charge in [0.2, 0.25) is 6.67 Å². The van der Waals surface area contributed by atoms with Crippen LogP contribution in [0.1, 0.15) is 0 Å². The van der Waals surface area contributed by atoms with Crippen LogP contribution in [0.25, 0.3) is 0 Å². The minimum Gasteiger partial charge on any atom is -0.336 e. The van der Waals surface area contributed by atoms with Crippen molar-refractivity contribution in [2.45, 2.75) is 0 Å². The van der Waals surface area contributed by atoms with Crippen molar-refractivity contribution in [1.82, 2.24) is 5.32 Å². The van der Waals surface area contributed by atoms with Gasteiger partial charge >= 0.3 is 0 Å². The van der Waals surface area contributed by atoms with E-state index in [1.54, 1.807) is 3.95 Å². The lowest BCUT2D eigenvalue weighted by atomic mass is 10.5. The van der Waals surface area contributed by atoms with Crippen molar-refractivity contribution in [3.63, 3.8) is 0 Å². The molecule has 0 fully saturated rings. The Balaban J connectivity index is 2.47. The molecule has 0 saturated heterocycles. The van der Waals surface area contributed by atoms with E-state index in [-0.39, 0.29) is 0 Å². The first-order valence-corrected chi connectivity index (χ1v) is 2.56. The molecule has 38 valence electrons. The summed E-state index contributed by atoms with van der Waals surface area (Å²) in [6.45, 7) is 1.69. The number of hydrogen-bond acceptors (Lipinski definition) is 2. The predicted molar refractivity (Wildman–Crippen MR) is 29.6 cm³/mol. The monoisotopic (exact) mass is 115 g/mol. The molecular weight excluding hydrogens is 108 g/mol. The van der Waals surface area contributed by atoms with Crippen molar-refractivity contribution in [3.05, 3.63) is 12.3 Å². The lowest BCUT2D eigenvalue weighted by Gasteiger charge is -1.99. The fourth-order valence-corrected chi connectivity index (χ4v) is 0.633. The molecule has 0 spiro atoms. The minimum atomic E-state index is 0.797. The van der Waals surface area contributed by atoms with Gasteiger partial charge in [0.1, 0.15) is 0 Å². The first kappa shape index (κ1) is 4.71. The summed E-state index contributed by atoms with van der Waals surface area (Å²) in [5.41, 5.74) is 0. The Labute approximate surface area is 48.0 Å². The highest BCUT2D eigenvalue weighted by Gasteiger charge is 2.00. The molecule has 1 aliphatic rings. The van der Waals surface area contributed by atoms with Crippen LogP contribution in [0.2, 0.25) is 0 Å². The summed E-state index contributed by atoms with van der Waals surface area (Å²) in [6.07, 6.45) is 3.92. The topological polar surface area (TPSA) is 15.0 Å². The molecule has 1 heterocycles. The Morgan fingerprint density at radius 2 is 2.57 bits per heavy atom. The van der Waals surface area contributed by atoms with Crippen LogP contribution in [-0.4, -0.2) is 17.2 Å². The third kappa shape index (κ3) is 1.23. The molecule has 0 radical (unpaired) electrons. The second-order valence-electron chi connectivity index (χ2n) is 1.43. The van der Waals surface area contributed by atoms with E-state index in [4.69, 9.17) is 12.4 Å². The van der Waals surface area contributed by atoms with Gasteiger partial charge in [0.15, 0.2) is 6.54 Å². The van der Waals surface area contributed by atoms with Gasteiger partial charge in [-0.15, -0.1) is 3.95 Å². The molecule has 0 unspecified atom stereocenters. The average Bonchev–Trinajstić information content (AvgIpc) is 1.69. The van der Waals surface area contributed by atoms with Crippen molar-refractivity contribution >= 4 is 12.4 Å². The van der Waals surface area contributed by atoms with E-state index in [0.717, 1.165) is 13.2 Å². The van der Waals surface area contributed by atoms with Gasteiger partial charge in [-0.3, -0.25) is 0 Å². The van der Waals surface area contributed by atoms with Crippen molar-refractivity contribution in [2.24, 2.45) is 0 Å². The Bertz CT molecular complexity index is 108. The van der Waals surface area contributed by atoms with E-state index in [0.29, 0.717) is 0 Å². The SMILES string of the molecule is S=[N+]1CC=CNC1. The Morgan fingerprint density at radius 1 is 1.71 bits per heavy atom. The van der Waals surface area contributed by atoms with Gasteiger partial charge in [-0.2, -0.15) is 0 Å². The lowest BCUT2D eigenvalue weighted by Crippen LogP contribution is -2.25. The van der Waals surface area contributed by atoms with Gasteiger partial charge in [-0.05, 0) is 6.08 Å². The molecule has 1 aliphatic heterocycles. The number of nitrogens with zero attached hydrogens (tertiary/aromatic N) is 1. The van der Waals surface area contributed by atoms with E-state index in [2.05, 4.69) is 5.32 Å². The fourth-order valence-electron chi connectivity index (χ4n) is 0.473. The zero-order chi connectivity index (χ0) is 5.11. The molecular formula is C4H7N2S+. The molecule has 1 rings (SSSR count). The minimum absolute atomic E-state index is 0.797. The Hall–Kier alpha value is -0.440. The van der Waals surface area contributed by atoms with Crippen molar-refractivity contribution < 1.29 is 3.95 Å². The van der Waals surface area contributed by atoms with Crippen LogP contribution in [0.15, 0.2) is 12.3 Å². The smallest absolute Gasteiger partial charge is 0.265 e. The van der Waals surface area contributed by atoms with E-state index in [9.17, 15) is 0 Å². The molecule has 0 aromatic carbocycles. The van der Waals surface area contributed by atoms with Gasteiger partial charge in [0.25, 0.3) is 12.4 Å².